The van der Waals surface area contributed by atoms with Gasteiger partial charge in [0.1, 0.15) is 25.6 Å². The molecular formula is C26H26N2O4S. The van der Waals surface area contributed by atoms with E-state index >= 15 is 0 Å². The number of hydrogen-bond acceptors (Lipinski definition) is 6. The number of aromatic nitrogens is 1. The smallest absolute Gasteiger partial charge is 0.247 e. The van der Waals surface area contributed by atoms with Gasteiger partial charge in [-0.25, -0.2) is 4.98 Å². The lowest BCUT2D eigenvalue weighted by Gasteiger charge is -2.26. The first-order valence-corrected chi connectivity index (χ1v) is 12.1. The first-order valence-electron chi connectivity index (χ1n) is 11.2. The number of benzene rings is 2. The Morgan fingerprint density at radius 3 is 2.94 bits per heavy atom. The van der Waals surface area contributed by atoms with E-state index in [1.807, 2.05) is 65.7 Å². The van der Waals surface area contributed by atoms with Gasteiger partial charge in [0.2, 0.25) is 5.91 Å². The molecule has 1 saturated heterocycles. The minimum Gasteiger partial charge on any atom is -0.487 e. The predicted molar refractivity (Wildman–Crippen MR) is 128 cm³/mol. The highest BCUT2D eigenvalue weighted by atomic mass is 32.1. The van der Waals surface area contributed by atoms with Crippen molar-refractivity contribution in [1.29, 1.82) is 0 Å². The van der Waals surface area contributed by atoms with Gasteiger partial charge in [-0.2, -0.15) is 0 Å². The van der Waals surface area contributed by atoms with E-state index in [0.29, 0.717) is 19.8 Å². The number of thiazole rings is 1. The van der Waals surface area contributed by atoms with Crippen LogP contribution in [0.5, 0.6) is 17.2 Å². The van der Waals surface area contributed by atoms with Crippen LogP contribution < -0.4 is 14.2 Å². The van der Waals surface area contributed by atoms with E-state index in [1.165, 1.54) is 0 Å². The van der Waals surface area contributed by atoms with Crippen LogP contribution in [0.4, 0.5) is 0 Å². The van der Waals surface area contributed by atoms with Crippen LogP contribution in [0, 0.1) is 6.92 Å². The molecule has 0 radical (unpaired) electrons. The number of carbonyl (C=O) groups is 1. The first-order chi connectivity index (χ1) is 16.2. The van der Waals surface area contributed by atoms with Gasteiger partial charge in [-0.15, -0.1) is 11.3 Å². The summed E-state index contributed by atoms with van der Waals surface area (Å²) in [6.07, 6.45) is 5.43. The van der Waals surface area contributed by atoms with Gasteiger partial charge in [-0.3, -0.25) is 4.79 Å². The highest BCUT2D eigenvalue weighted by molar-refractivity contribution is 7.09. The van der Waals surface area contributed by atoms with Crippen molar-refractivity contribution in [3.05, 3.63) is 75.7 Å². The summed E-state index contributed by atoms with van der Waals surface area (Å²) in [6, 6.07) is 13.8. The van der Waals surface area contributed by atoms with Crippen LogP contribution in [0.1, 0.15) is 40.7 Å². The van der Waals surface area contributed by atoms with Gasteiger partial charge < -0.3 is 19.1 Å². The molecule has 2 aliphatic heterocycles. The van der Waals surface area contributed by atoms with E-state index in [4.69, 9.17) is 14.2 Å². The molecule has 7 heteroatoms. The number of hydrogen-bond donors (Lipinski definition) is 0. The molecule has 3 heterocycles. The molecule has 1 atom stereocenters. The largest absolute Gasteiger partial charge is 0.487 e. The van der Waals surface area contributed by atoms with Crippen molar-refractivity contribution >= 4 is 23.3 Å². The van der Waals surface area contributed by atoms with Gasteiger partial charge in [-0.1, -0.05) is 18.2 Å². The molecule has 0 spiro atoms. The van der Waals surface area contributed by atoms with Gasteiger partial charge in [0.15, 0.2) is 11.5 Å². The number of carbonyl (C=O) groups excluding carboxylic acids is 1. The molecule has 0 aliphatic carbocycles. The van der Waals surface area contributed by atoms with Crippen LogP contribution in [0.3, 0.4) is 0 Å². The normalized spacial score (nSPS) is 17.5. The fourth-order valence-electron chi connectivity index (χ4n) is 4.25. The van der Waals surface area contributed by atoms with Gasteiger partial charge in [0, 0.05) is 18.0 Å². The lowest BCUT2D eigenvalue weighted by Crippen LogP contribution is -2.29. The van der Waals surface area contributed by atoms with Crippen LogP contribution in [0.15, 0.2) is 53.9 Å². The highest BCUT2D eigenvalue weighted by Gasteiger charge is 2.29. The molecular weight excluding hydrogens is 436 g/mol. The zero-order valence-electron chi connectivity index (χ0n) is 18.5. The van der Waals surface area contributed by atoms with Crippen molar-refractivity contribution in [3.8, 4) is 17.2 Å². The predicted octanol–water partition coefficient (Wildman–Crippen LogP) is 5.18. The topological polar surface area (TPSA) is 60.9 Å². The van der Waals surface area contributed by atoms with E-state index in [-0.39, 0.29) is 11.9 Å². The van der Waals surface area contributed by atoms with Crippen LogP contribution >= 0.6 is 11.3 Å². The number of likely N-dealkylation sites (tertiary alicyclic amines) is 1. The molecule has 1 amide bonds. The van der Waals surface area contributed by atoms with Crippen molar-refractivity contribution in [2.24, 2.45) is 0 Å². The Kier molecular flexibility index (Phi) is 6.30. The molecule has 6 nitrogen and oxygen atoms in total. The van der Waals surface area contributed by atoms with Gasteiger partial charge in [0.05, 0.1) is 16.7 Å². The van der Waals surface area contributed by atoms with E-state index in [0.717, 1.165) is 58.5 Å². The summed E-state index contributed by atoms with van der Waals surface area (Å²) >= 11 is 1.61. The van der Waals surface area contributed by atoms with E-state index in [9.17, 15) is 4.79 Å². The van der Waals surface area contributed by atoms with Crippen molar-refractivity contribution < 1.29 is 19.0 Å². The summed E-state index contributed by atoms with van der Waals surface area (Å²) in [5.41, 5.74) is 2.93. The summed E-state index contributed by atoms with van der Waals surface area (Å²) in [5, 5.41) is 3.03. The number of aryl methyl sites for hydroxylation is 1. The second-order valence-electron chi connectivity index (χ2n) is 8.15. The lowest BCUT2D eigenvalue weighted by atomic mass is 10.0. The molecule has 0 bridgehead atoms. The molecule has 2 aromatic carbocycles. The third-order valence-corrected chi connectivity index (χ3v) is 6.64. The zero-order chi connectivity index (χ0) is 22.6. The van der Waals surface area contributed by atoms with Gasteiger partial charge >= 0.3 is 0 Å². The van der Waals surface area contributed by atoms with Crippen molar-refractivity contribution in [3.63, 3.8) is 0 Å². The van der Waals surface area contributed by atoms with Gasteiger partial charge in [0.25, 0.3) is 0 Å². The maximum atomic E-state index is 13.0. The van der Waals surface area contributed by atoms with Crippen LogP contribution in [-0.2, 0) is 11.4 Å². The Balaban J connectivity index is 1.24. The number of fused-ring (bicyclic) bond motifs is 1. The molecule has 1 unspecified atom stereocenters. The van der Waals surface area contributed by atoms with Gasteiger partial charge in [-0.05, 0) is 61.2 Å². The molecule has 0 N–H and O–H groups in total. The Morgan fingerprint density at radius 1 is 1.21 bits per heavy atom. The van der Waals surface area contributed by atoms with Crippen LogP contribution in [0.2, 0.25) is 0 Å². The highest BCUT2D eigenvalue weighted by Crippen LogP contribution is 2.38. The fourth-order valence-corrected chi connectivity index (χ4v) is 4.84. The molecule has 2 aliphatic rings. The summed E-state index contributed by atoms with van der Waals surface area (Å²) in [6.45, 7) is 4.29. The number of ether oxygens (including phenoxy) is 3. The second-order valence-corrected chi connectivity index (χ2v) is 9.21. The van der Waals surface area contributed by atoms with Crippen LogP contribution in [-0.4, -0.2) is 35.5 Å². The minimum atomic E-state index is 0.0108. The SMILES string of the molecule is Cc1nc(COc2cccc(C=CC(=O)N3CCCC3c3ccc4c(c3)OCCO4)c2)cs1. The number of rotatable bonds is 6. The van der Waals surface area contributed by atoms with Crippen molar-refractivity contribution in [1.82, 2.24) is 9.88 Å². The second kappa shape index (κ2) is 9.67. The maximum absolute atomic E-state index is 13.0. The van der Waals surface area contributed by atoms with E-state index in [2.05, 4.69) is 4.98 Å². The number of nitrogens with zero attached hydrogens (tertiary/aromatic N) is 2. The molecule has 1 fully saturated rings. The van der Waals surface area contributed by atoms with Crippen molar-refractivity contribution in [2.75, 3.05) is 19.8 Å². The Bertz CT molecular complexity index is 1170. The third-order valence-electron chi connectivity index (χ3n) is 5.82. The monoisotopic (exact) mass is 462 g/mol. The van der Waals surface area contributed by atoms with E-state index in [1.54, 1.807) is 17.4 Å². The summed E-state index contributed by atoms with van der Waals surface area (Å²) in [4.78, 5) is 19.4. The van der Waals surface area contributed by atoms with Crippen molar-refractivity contribution in [2.45, 2.75) is 32.4 Å². The average Bonchev–Trinajstić information content (AvgIpc) is 3.50. The van der Waals surface area contributed by atoms with E-state index < -0.39 is 0 Å². The lowest BCUT2D eigenvalue weighted by molar-refractivity contribution is -0.126. The third kappa shape index (κ3) is 5.03. The average molecular weight is 463 g/mol. The summed E-state index contributed by atoms with van der Waals surface area (Å²) < 4.78 is 17.2. The standard InChI is InChI=1S/C26H26N2O4S/c1-18-27-21(17-33-18)16-32-22-5-2-4-19(14-22)7-10-26(29)28-11-3-6-23(28)20-8-9-24-25(15-20)31-13-12-30-24/h2,4-5,7-10,14-15,17,23H,3,6,11-13,16H2,1H3. The minimum absolute atomic E-state index is 0.0108. The molecule has 33 heavy (non-hydrogen) atoms. The summed E-state index contributed by atoms with van der Waals surface area (Å²) in [5.74, 6) is 2.30. The molecule has 0 saturated carbocycles. The Labute approximate surface area is 197 Å². The molecule has 170 valence electrons. The summed E-state index contributed by atoms with van der Waals surface area (Å²) in [7, 11) is 0. The Hall–Kier alpha value is -3.32. The molecule has 1 aromatic heterocycles. The molecule has 3 aromatic rings. The first kappa shape index (κ1) is 21.5. The Morgan fingerprint density at radius 2 is 2.09 bits per heavy atom. The molecule has 5 rings (SSSR count). The fraction of sp³-hybridized carbons (Fsp3) is 0.308. The maximum Gasteiger partial charge on any atom is 0.247 e. The number of amides is 1. The quantitative estimate of drug-likeness (QED) is 0.473. The van der Waals surface area contributed by atoms with Crippen LogP contribution in [0.25, 0.3) is 6.08 Å². The zero-order valence-corrected chi connectivity index (χ0v) is 19.3.